The van der Waals surface area contributed by atoms with Crippen LogP contribution in [0.15, 0.2) is 66.7 Å². The quantitative estimate of drug-likeness (QED) is 0.349. The molecule has 1 aliphatic rings. The molecule has 7 nitrogen and oxygen atoms in total. The zero-order valence-electron chi connectivity index (χ0n) is 23.1. The van der Waals surface area contributed by atoms with Crippen LogP contribution in [0.4, 0.5) is 24.5 Å². The fraction of sp³-hybridized carbons (Fsp3) is 0.323. The van der Waals surface area contributed by atoms with Crippen molar-refractivity contribution >= 4 is 29.2 Å². The second-order valence-corrected chi connectivity index (χ2v) is 9.99. The number of nitrogens with one attached hydrogen (secondary N) is 1. The number of alkyl halides is 3. The molecule has 0 aromatic heterocycles. The van der Waals surface area contributed by atoms with E-state index in [0.717, 1.165) is 6.07 Å². The van der Waals surface area contributed by atoms with E-state index in [0.29, 0.717) is 43.8 Å². The molecular formula is C31H32F3N3O4. The summed E-state index contributed by atoms with van der Waals surface area (Å²) in [6, 6.07) is 16.8. The summed E-state index contributed by atoms with van der Waals surface area (Å²) in [5.74, 6) is -1.81. The highest BCUT2D eigenvalue weighted by Crippen LogP contribution is 2.38. The van der Waals surface area contributed by atoms with E-state index in [2.05, 4.69) is 5.32 Å². The summed E-state index contributed by atoms with van der Waals surface area (Å²) in [5.41, 5.74) is -0.0861. The van der Waals surface area contributed by atoms with Crippen molar-refractivity contribution in [3.63, 3.8) is 0 Å². The van der Waals surface area contributed by atoms with E-state index in [-0.39, 0.29) is 28.7 Å². The fourth-order valence-corrected chi connectivity index (χ4v) is 4.97. The summed E-state index contributed by atoms with van der Waals surface area (Å²) in [4.78, 5) is 42.2. The van der Waals surface area contributed by atoms with Crippen LogP contribution in [0.25, 0.3) is 11.1 Å². The number of benzene rings is 3. The van der Waals surface area contributed by atoms with Crippen LogP contribution in [0.5, 0.6) is 0 Å². The zero-order valence-corrected chi connectivity index (χ0v) is 23.1. The molecule has 0 radical (unpaired) electrons. The fourth-order valence-electron chi connectivity index (χ4n) is 4.97. The average molecular weight is 568 g/mol. The minimum Gasteiger partial charge on any atom is -0.466 e. The smallest absolute Gasteiger partial charge is 0.417 e. The third-order valence-electron chi connectivity index (χ3n) is 7.05. The van der Waals surface area contributed by atoms with Gasteiger partial charge in [-0.2, -0.15) is 13.2 Å². The Kier molecular flexibility index (Phi) is 9.00. The van der Waals surface area contributed by atoms with Crippen molar-refractivity contribution in [2.24, 2.45) is 5.92 Å². The molecule has 0 aliphatic carbocycles. The number of carbonyl (C=O) groups excluding carboxylic acids is 3. The van der Waals surface area contributed by atoms with Gasteiger partial charge in [-0.1, -0.05) is 42.5 Å². The van der Waals surface area contributed by atoms with E-state index >= 15 is 0 Å². The van der Waals surface area contributed by atoms with Crippen molar-refractivity contribution in [2.75, 3.05) is 44.0 Å². The normalized spacial score (nSPS) is 14.0. The van der Waals surface area contributed by atoms with Gasteiger partial charge in [0.15, 0.2) is 0 Å². The Morgan fingerprint density at radius 2 is 1.66 bits per heavy atom. The molecule has 4 rings (SSSR count). The van der Waals surface area contributed by atoms with Crippen molar-refractivity contribution < 1.29 is 32.3 Å². The first-order valence-corrected chi connectivity index (χ1v) is 13.4. The Hall–Kier alpha value is -4.34. The molecule has 1 N–H and O–H groups in total. The van der Waals surface area contributed by atoms with Gasteiger partial charge in [0.2, 0.25) is 0 Å². The first-order chi connectivity index (χ1) is 19.5. The van der Waals surface area contributed by atoms with Crippen LogP contribution in [0.2, 0.25) is 0 Å². The molecule has 0 saturated carbocycles. The Bertz CT molecular complexity index is 1420. The van der Waals surface area contributed by atoms with E-state index in [1.54, 1.807) is 63.5 Å². The monoisotopic (exact) mass is 567 g/mol. The highest BCUT2D eigenvalue weighted by molar-refractivity contribution is 6.13. The highest BCUT2D eigenvalue weighted by atomic mass is 19.4. The van der Waals surface area contributed by atoms with Gasteiger partial charge in [-0.3, -0.25) is 14.4 Å². The van der Waals surface area contributed by atoms with Crippen molar-refractivity contribution in [1.29, 1.82) is 0 Å². The number of ether oxygens (including phenoxy) is 1. The third kappa shape index (κ3) is 6.70. The number of nitrogens with zero attached hydrogens (tertiary/aromatic N) is 2. The molecule has 1 saturated heterocycles. The number of halogens is 3. The zero-order chi connectivity index (χ0) is 29.7. The summed E-state index contributed by atoms with van der Waals surface area (Å²) in [6.07, 6.45) is -3.60. The van der Waals surface area contributed by atoms with Gasteiger partial charge in [0, 0.05) is 32.9 Å². The Labute approximate surface area is 236 Å². The maximum Gasteiger partial charge on any atom is 0.417 e. The van der Waals surface area contributed by atoms with Crippen molar-refractivity contribution in [2.45, 2.75) is 25.9 Å². The third-order valence-corrected chi connectivity index (χ3v) is 7.05. The van der Waals surface area contributed by atoms with Crippen LogP contribution in [0.3, 0.4) is 0 Å². The summed E-state index contributed by atoms with van der Waals surface area (Å²) in [5, 5.41) is 2.59. The lowest BCUT2D eigenvalue weighted by Crippen LogP contribution is -2.37. The van der Waals surface area contributed by atoms with Crippen molar-refractivity contribution in [1.82, 2.24) is 4.90 Å². The number of piperidine rings is 1. The van der Waals surface area contributed by atoms with Gasteiger partial charge in [-0.25, -0.2) is 0 Å². The maximum absolute atomic E-state index is 14.1. The molecular weight excluding hydrogens is 535 g/mol. The molecule has 3 aromatic rings. The van der Waals surface area contributed by atoms with Gasteiger partial charge in [0.25, 0.3) is 11.8 Å². The SMILES string of the molecule is CCOC(=O)C1CCN(c2ccc(NC(=O)c3c(-c4ccccc4)cccc3C(F)(F)F)c(C(=O)N(C)C)c2)CC1. The van der Waals surface area contributed by atoms with Crippen LogP contribution in [-0.4, -0.2) is 56.5 Å². The number of carbonyl (C=O) groups is 3. The molecule has 0 spiro atoms. The predicted molar refractivity (Wildman–Crippen MR) is 151 cm³/mol. The minimum atomic E-state index is -4.78. The first-order valence-electron chi connectivity index (χ1n) is 13.4. The van der Waals surface area contributed by atoms with E-state index in [1.165, 1.54) is 23.1 Å². The summed E-state index contributed by atoms with van der Waals surface area (Å²) >= 11 is 0. The molecule has 216 valence electrons. The predicted octanol–water partition coefficient (Wildman–Crippen LogP) is 6.11. The number of amides is 2. The van der Waals surface area contributed by atoms with E-state index in [9.17, 15) is 27.6 Å². The number of hydrogen-bond donors (Lipinski definition) is 1. The van der Waals surface area contributed by atoms with Crippen LogP contribution < -0.4 is 10.2 Å². The van der Waals surface area contributed by atoms with E-state index < -0.39 is 29.1 Å². The standard InChI is InChI=1S/C31H32F3N3O4/c1-4-41-30(40)21-15-17-37(18-16-21)22-13-14-26(24(19-22)29(39)36(2)3)35-28(38)27-23(20-9-6-5-7-10-20)11-8-12-25(27)31(32,33)34/h5-14,19,21H,4,15-18H2,1-3H3,(H,35,38). The highest BCUT2D eigenvalue weighted by Gasteiger charge is 2.37. The molecule has 0 atom stereocenters. The number of esters is 1. The van der Waals surface area contributed by atoms with Gasteiger partial charge in [0.1, 0.15) is 0 Å². The average Bonchev–Trinajstić information content (AvgIpc) is 2.96. The molecule has 0 bridgehead atoms. The van der Waals surface area contributed by atoms with E-state index in [4.69, 9.17) is 4.74 Å². The second kappa shape index (κ2) is 12.4. The maximum atomic E-state index is 14.1. The molecule has 0 unspecified atom stereocenters. The molecule has 10 heteroatoms. The Morgan fingerprint density at radius 3 is 2.27 bits per heavy atom. The molecule has 1 aliphatic heterocycles. The van der Waals surface area contributed by atoms with Crippen LogP contribution in [0, 0.1) is 5.92 Å². The molecule has 2 amide bonds. The number of rotatable bonds is 7. The van der Waals surface area contributed by atoms with E-state index in [1.807, 2.05) is 4.90 Å². The summed E-state index contributed by atoms with van der Waals surface area (Å²) in [7, 11) is 3.11. The molecule has 41 heavy (non-hydrogen) atoms. The van der Waals surface area contributed by atoms with Crippen molar-refractivity contribution in [3.05, 3.63) is 83.4 Å². The summed E-state index contributed by atoms with van der Waals surface area (Å²) < 4.78 is 47.3. The largest absolute Gasteiger partial charge is 0.466 e. The number of hydrogen-bond acceptors (Lipinski definition) is 5. The first kappa shape index (κ1) is 29.6. The van der Waals surface area contributed by atoms with Crippen LogP contribution >= 0.6 is 0 Å². The lowest BCUT2D eigenvalue weighted by molar-refractivity contribution is -0.148. The minimum absolute atomic E-state index is 0.0925. The molecule has 3 aromatic carbocycles. The topological polar surface area (TPSA) is 79.0 Å². The second-order valence-electron chi connectivity index (χ2n) is 9.99. The van der Waals surface area contributed by atoms with Crippen molar-refractivity contribution in [3.8, 4) is 11.1 Å². The summed E-state index contributed by atoms with van der Waals surface area (Å²) in [6.45, 7) is 3.21. The lowest BCUT2D eigenvalue weighted by Gasteiger charge is -2.33. The number of anilines is 2. The molecule has 1 fully saturated rings. The van der Waals surface area contributed by atoms with Gasteiger partial charge in [-0.15, -0.1) is 0 Å². The Balaban J connectivity index is 1.68. The Morgan fingerprint density at radius 1 is 0.976 bits per heavy atom. The van der Waals surface area contributed by atoms with Crippen LogP contribution in [0.1, 0.15) is 46.0 Å². The van der Waals surface area contributed by atoms with Crippen LogP contribution in [-0.2, 0) is 15.7 Å². The van der Waals surface area contributed by atoms with Gasteiger partial charge in [-0.05, 0) is 55.2 Å². The van der Waals surface area contributed by atoms with Gasteiger partial charge >= 0.3 is 12.1 Å². The lowest BCUT2D eigenvalue weighted by atomic mass is 9.94. The van der Waals surface area contributed by atoms with Gasteiger partial charge < -0.3 is 19.9 Å². The van der Waals surface area contributed by atoms with Gasteiger partial charge in [0.05, 0.1) is 34.9 Å². The molecule has 1 heterocycles.